The van der Waals surface area contributed by atoms with Crippen LogP contribution in [0.3, 0.4) is 0 Å². The van der Waals surface area contributed by atoms with Crippen molar-refractivity contribution >= 4 is 0 Å². The van der Waals surface area contributed by atoms with Gasteiger partial charge in [-0.25, -0.2) is 0 Å². The van der Waals surface area contributed by atoms with Gasteiger partial charge in [-0.3, -0.25) is 0 Å². The SMILES string of the molecule is CCCOCc1occc1CN. The standard InChI is InChI=1S/C9H15NO2/c1-2-4-11-7-9-8(6-10)3-5-12-9/h3,5H,2,4,6-7,10H2,1H3. The molecule has 3 nitrogen and oxygen atoms in total. The van der Waals surface area contributed by atoms with Crippen LogP contribution >= 0.6 is 0 Å². The van der Waals surface area contributed by atoms with E-state index in [1.165, 1.54) is 0 Å². The highest BCUT2D eigenvalue weighted by atomic mass is 16.5. The predicted octanol–water partition coefficient (Wildman–Crippen LogP) is 1.66. The Hall–Kier alpha value is -0.800. The first-order chi connectivity index (χ1) is 5.88. The van der Waals surface area contributed by atoms with Crippen molar-refractivity contribution in [3.63, 3.8) is 0 Å². The van der Waals surface area contributed by atoms with Gasteiger partial charge in [-0.1, -0.05) is 6.92 Å². The van der Waals surface area contributed by atoms with Gasteiger partial charge in [0.05, 0.1) is 6.26 Å². The summed E-state index contributed by atoms with van der Waals surface area (Å²) in [6, 6.07) is 1.88. The Labute approximate surface area is 72.5 Å². The lowest BCUT2D eigenvalue weighted by Crippen LogP contribution is -2.00. The van der Waals surface area contributed by atoms with Crippen molar-refractivity contribution in [2.45, 2.75) is 26.5 Å². The van der Waals surface area contributed by atoms with E-state index < -0.39 is 0 Å². The summed E-state index contributed by atoms with van der Waals surface area (Å²) < 4.78 is 10.5. The maximum atomic E-state index is 5.48. The normalized spacial score (nSPS) is 10.5. The smallest absolute Gasteiger partial charge is 0.133 e. The third-order valence-electron chi connectivity index (χ3n) is 1.64. The molecule has 0 radical (unpaired) electrons. The van der Waals surface area contributed by atoms with Gasteiger partial charge < -0.3 is 14.9 Å². The topological polar surface area (TPSA) is 48.4 Å². The minimum absolute atomic E-state index is 0.515. The molecule has 3 heteroatoms. The van der Waals surface area contributed by atoms with E-state index in [9.17, 15) is 0 Å². The fourth-order valence-corrected chi connectivity index (χ4v) is 0.985. The zero-order valence-corrected chi connectivity index (χ0v) is 7.38. The molecule has 0 aliphatic rings. The summed E-state index contributed by atoms with van der Waals surface area (Å²) in [5.74, 6) is 0.853. The summed E-state index contributed by atoms with van der Waals surface area (Å²) >= 11 is 0. The number of rotatable bonds is 5. The molecule has 0 saturated heterocycles. The van der Waals surface area contributed by atoms with Crippen LogP contribution in [0.1, 0.15) is 24.7 Å². The van der Waals surface area contributed by atoms with E-state index in [1.54, 1.807) is 6.26 Å². The summed E-state index contributed by atoms with van der Waals surface area (Å²) in [5, 5.41) is 0. The first kappa shape index (κ1) is 9.29. The molecule has 2 N–H and O–H groups in total. The molecule has 0 aromatic carbocycles. The number of hydrogen-bond donors (Lipinski definition) is 1. The maximum absolute atomic E-state index is 5.48. The van der Waals surface area contributed by atoms with Gasteiger partial charge in [-0.2, -0.15) is 0 Å². The Morgan fingerprint density at radius 1 is 1.58 bits per heavy atom. The van der Waals surface area contributed by atoms with Crippen molar-refractivity contribution in [3.8, 4) is 0 Å². The number of ether oxygens (including phenoxy) is 1. The van der Waals surface area contributed by atoms with Crippen LogP contribution in [0.15, 0.2) is 16.7 Å². The second-order valence-electron chi connectivity index (χ2n) is 2.63. The number of nitrogens with two attached hydrogens (primary N) is 1. The van der Waals surface area contributed by atoms with E-state index in [0.29, 0.717) is 13.2 Å². The van der Waals surface area contributed by atoms with Gasteiger partial charge in [-0.15, -0.1) is 0 Å². The van der Waals surface area contributed by atoms with Crippen LogP contribution in [0.2, 0.25) is 0 Å². The van der Waals surface area contributed by atoms with Gasteiger partial charge in [0.15, 0.2) is 0 Å². The Morgan fingerprint density at radius 2 is 2.42 bits per heavy atom. The van der Waals surface area contributed by atoms with Crippen molar-refractivity contribution in [3.05, 3.63) is 23.7 Å². The van der Waals surface area contributed by atoms with Gasteiger partial charge in [0, 0.05) is 18.7 Å². The summed E-state index contributed by atoms with van der Waals surface area (Å²) in [4.78, 5) is 0. The third kappa shape index (κ3) is 2.36. The predicted molar refractivity (Wildman–Crippen MR) is 46.5 cm³/mol. The average Bonchev–Trinajstić information content (AvgIpc) is 2.52. The molecule has 1 aromatic rings. The van der Waals surface area contributed by atoms with E-state index in [0.717, 1.165) is 24.4 Å². The van der Waals surface area contributed by atoms with Crippen LogP contribution in [0.25, 0.3) is 0 Å². The lowest BCUT2D eigenvalue weighted by Gasteiger charge is -2.00. The first-order valence-corrected chi connectivity index (χ1v) is 4.21. The van der Waals surface area contributed by atoms with Gasteiger partial charge in [0.2, 0.25) is 0 Å². The average molecular weight is 169 g/mol. The monoisotopic (exact) mass is 169 g/mol. The molecule has 1 aromatic heterocycles. The largest absolute Gasteiger partial charge is 0.467 e. The van der Waals surface area contributed by atoms with Crippen LogP contribution < -0.4 is 5.73 Å². The van der Waals surface area contributed by atoms with Crippen LogP contribution in [-0.2, 0) is 17.9 Å². The second-order valence-corrected chi connectivity index (χ2v) is 2.63. The van der Waals surface area contributed by atoms with E-state index in [4.69, 9.17) is 14.9 Å². The van der Waals surface area contributed by atoms with Gasteiger partial charge in [0.1, 0.15) is 12.4 Å². The molecule has 0 aliphatic heterocycles. The summed E-state index contributed by atoms with van der Waals surface area (Å²) in [6.07, 6.45) is 2.67. The molecule has 12 heavy (non-hydrogen) atoms. The number of furan rings is 1. The van der Waals surface area contributed by atoms with E-state index in [-0.39, 0.29) is 0 Å². The number of hydrogen-bond acceptors (Lipinski definition) is 3. The van der Waals surface area contributed by atoms with Crippen LogP contribution in [0.5, 0.6) is 0 Å². The molecule has 0 atom stereocenters. The second kappa shape index (κ2) is 4.95. The fraction of sp³-hybridized carbons (Fsp3) is 0.556. The van der Waals surface area contributed by atoms with Crippen molar-refractivity contribution in [2.75, 3.05) is 6.61 Å². The van der Waals surface area contributed by atoms with Gasteiger partial charge in [-0.05, 0) is 12.5 Å². The van der Waals surface area contributed by atoms with Gasteiger partial charge >= 0.3 is 0 Å². The highest BCUT2D eigenvalue weighted by molar-refractivity contribution is 5.15. The molecule has 0 unspecified atom stereocenters. The Balaban J connectivity index is 2.39. The molecule has 1 rings (SSSR count). The molecule has 0 saturated carbocycles. The highest BCUT2D eigenvalue weighted by Gasteiger charge is 2.03. The van der Waals surface area contributed by atoms with Crippen molar-refractivity contribution in [1.82, 2.24) is 0 Å². The third-order valence-corrected chi connectivity index (χ3v) is 1.64. The Bertz CT molecular complexity index is 220. The Kier molecular flexibility index (Phi) is 3.84. The Morgan fingerprint density at radius 3 is 3.08 bits per heavy atom. The first-order valence-electron chi connectivity index (χ1n) is 4.21. The fourth-order valence-electron chi connectivity index (χ4n) is 0.985. The molecule has 0 bridgehead atoms. The quantitative estimate of drug-likeness (QED) is 0.682. The summed E-state index contributed by atoms with van der Waals surface area (Å²) in [6.45, 7) is 3.89. The molecule has 0 spiro atoms. The molecular formula is C9H15NO2. The zero-order valence-electron chi connectivity index (χ0n) is 7.38. The van der Waals surface area contributed by atoms with Crippen LogP contribution in [-0.4, -0.2) is 6.61 Å². The minimum atomic E-state index is 0.515. The van der Waals surface area contributed by atoms with Crippen LogP contribution in [0, 0.1) is 0 Å². The van der Waals surface area contributed by atoms with Crippen molar-refractivity contribution in [1.29, 1.82) is 0 Å². The van der Waals surface area contributed by atoms with E-state index in [1.807, 2.05) is 6.07 Å². The zero-order chi connectivity index (χ0) is 8.81. The highest BCUT2D eigenvalue weighted by Crippen LogP contribution is 2.10. The summed E-state index contributed by atoms with van der Waals surface area (Å²) in [5.41, 5.74) is 6.52. The van der Waals surface area contributed by atoms with Crippen molar-refractivity contribution < 1.29 is 9.15 Å². The molecule has 1 heterocycles. The van der Waals surface area contributed by atoms with E-state index >= 15 is 0 Å². The molecule has 0 amide bonds. The molecule has 0 fully saturated rings. The minimum Gasteiger partial charge on any atom is -0.467 e. The lowest BCUT2D eigenvalue weighted by atomic mass is 10.2. The van der Waals surface area contributed by atoms with Gasteiger partial charge in [0.25, 0.3) is 0 Å². The van der Waals surface area contributed by atoms with Crippen LogP contribution in [0.4, 0.5) is 0 Å². The molecule has 68 valence electrons. The molecular weight excluding hydrogens is 154 g/mol. The van der Waals surface area contributed by atoms with E-state index in [2.05, 4.69) is 6.92 Å². The molecule has 0 aliphatic carbocycles. The van der Waals surface area contributed by atoms with Crippen molar-refractivity contribution in [2.24, 2.45) is 5.73 Å². The summed E-state index contributed by atoms with van der Waals surface area (Å²) in [7, 11) is 0. The lowest BCUT2D eigenvalue weighted by molar-refractivity contribution is 0.106. The maximum Gasteiger partial charge on any atom is 0.133 e.